The van der Waals surface area contributed by atoms with E-state index in [1.165, 1.54) is 6.92 Å². The second-order valence-electron chi connectivity index (χ2n) is 4.68. The van der Waals surface area contributed by atoms with Gasteiger partial charge < -0.3 is 14.3 Å². The summed E-state index contributed by atoms with van der Waals surface area (Å²) in [5.74, 6) is -0.791. The van der Waals surface area contributed by atoms with Crippen molar-refractivity contribution in [3.8, 4) is 0 Å². The van der Waals surface area contributed by atoms with Crippen molar-refractivity contribution in [2.75, 3.05) is 13.2 Å². The number of ketones is 1. The summed E-state index contributed by atoms with van der Waals surface area (Å²) in [6.45, 7) is 1.76. The van der Waals surface area contributed by atoms with Crippen LogP contribution in [0.25, 0.3) is 0 Å². The van der Waals surface area contributed by atoms with Crippen molar-refractivity contribution >= 4 is 17.5 Å². The topological polar surface area (TPSA) is 74.2 Å². The van der Waals surface area contributed by atoms with Crippen LogP contribution in [0.15, 0.2) is 35.5 Å². The van der Waals surface area contributed by atoms with E-state index >= 15 is 0 Å². The van der Waals surface area contributed by atoms with E-state index in [-0.39, 0.29) is 12.4 Å². The molecular weight excluding hydrogens is 274 g/mol. The highest BCUT2D eigenvalue weighted by Crippen LogP contribution is 2.12. The van der Waals surface area contributed by atoms with Crippen LogP contribution in [0.4, 0.5) is 0 Å². The first-order chi connectivity index (χ1) is 10.1. The lowest BCUT2D eigenvalue weighted by molar-refractivity contribution is -0.148. The largest absolute Gasteiger partial charge is 0.458 e. The highest BCUT2D eigenvalue weighted by molar-refractivity contribution is 5.95. The third kappa shape index (κ3) is 5.00. The van der Waals surface area contributed by atoms with Crippen LogP contribution in [0.5, 0.6) is 0 Å². The van der Waals surface area contributed by atoms with Crippen molar-refractivity contribution in [3.63, 3.8) is 0 Å². The van der Waals surface area contributed by atoms with Crippen LogP contribution in [0, 0.1) is 0 Å². The summed E-state index contributed by atoms with van der Waals surface area (Å²) in [5, 5.41) is 3.83. The van der Waals surface area contributed by atoms with Crippen LogP contribution < -0.4 is 0 Å². The molecule has 0 spiro atoms. The number of benzene rings is 1. The number of nitrogens with zero attached hydrogens (tertiary/aromatic N) is 1. The number of ether oxygens (including phenoxy) is 2. The second-order valence-corrected chi connectivity index (χ2v) is 4.68. The molecule has 2 rings (SSSR count). The summed E-state index contributed by atoms with van der Waals surface area (Å²) in [6.07, 6.45) is -0.311. The van der Waals surface area contributed by atoms with E-state index < -0.39 is 12.1 Å². The number of hydrogen-bond acceptors (Lipinski definition) is 6. The van der Waals surface area contributed by atoms with Gasteiger partial charge in [-0.25, -0.2) is 0 Å². The zero-order valence-corrected chi connectivity index (χ0v) is 11.8. The van der Waals surface area contributed by atoms with Crippen LogP contribution in [0.3, 0.4) is 0 Å². The van der Waals surface area contributed by atoms with Gasteiger partial charge in [0, 0.05) is 13.3 Å². The standard InChI is InChI=1S/C15H17NO5/c1-11(17)20-10-14(18)15-7-13(16-21-15)9-19-8-12-5-3-2-4-6-12/h2-6,15H,7-10H2,1H3/t15-/m0/s1. The second kappa shape index (κ2) is 7.54. The maximum Gasteiger partial charge on any atom is 0.303 e. The summed E-state index contributed by atoms with van der Waals surface area (Å²) in [4.78, 5) is 27.3. The number of Topliss-reactive ketones (excluding diaryl/α,β-unsaturated/α-hetero) is 1. The normalized spacial score (nSPS) is 17.0. The smallest absolute Gasteiger partial charge is 0.303 e. The Balaban J connectivity index is 1.68. The van der Waals surface area contributed by atoms with Crippen LogP contribution in [-0.2, 0) is 30.5 Å². The van der Waals surface area contributed by atoms with E-state index in [2.05, 4.69) is 9.89 Å². The summed E-state index contributed by atoms with van der Waals surface area (Å²) >= 11 is 0. The summed E-state index contributed by atoms with van der Waals surface area (Å²) < 4.78 is 10.2. The molecule has 0 aromatic heterocycles. The van der Waals surface area contributed by atoms with E-state index in [0.717, 1.165) is 5.56 Å². The lowest BCUT2D eigenvalue weighted by Gasteiger charge is -2.06. The third-order valence-electron chi connectivity index (χ3n) is 2.89. The fourth-order valence-electron chi connectivity index (χ4n) is 1.81. The molecule has 112 valence electrons. The zero-order valence-electron chi connectivity index (χ0n) is 11.8. The zero-order chi connectivity index (χ0) is 15.1. The molecule has 0 fully saturated rings. The van der Waals surface area contributed by atoms with Gasteiger partial charge in [-0.15, -0.1) is 0 Å². The van der Waals surface area contributed by atoms with Gasteiger partial charge in [-0.2, -0.15) is 0 Å². The molecule has 6 nitrogen and oxygen atoms in total. The van der Waals surface area contributed by atoms with Crippen LogP contribution in [0.1, 0.15) is 18.9 Å². The summed E-state index contributed by atoms with van der Waals surface area (Å²) in [5.41, 5.74) is 1.74. The minimum Gasteiger partial charge on any atom is -0.458 e. The van der Waals surface area contributed by atoms with Gasteiger partial charge in [0.1, 0.15) is 0 Å². The van der Waals surface area contributed by atoms with Crippen LogP contribution in [0.2, 0.25) is 0 Å². The molecule has 0 radical (unpaired) electrons. The first-order valence-corrected chi connectivity index (χ1v) is 6.64. The fourth-order valence-corrected chi connectivity index (χ4v) is 1.81. The number of carbonyl (C=O) groups is 2. The first kappa shape index (κ1) is 15.2. The maximum atomic E-state index is 11.7. The maximum absolute atomic E-state index is 11.7. The average molecular weight is 291 g/mol. The number of oxime groups is 1. The first-order valence-electron chi connectivity index (χ1n) is 6.64. The van der Waals surface area contributed by atoms with Gasteiger partial charge >= 0.3 is 5.97 Å². The minimum atomic E-state index is -0.681. The van der Waals surface area contributed by atoms with E-state index in [4.69, 9.17) is 9.57 Å². The van der Waals surface area contributed by atoms with Gasteiger partial charge in [0.15, 0.2) is 12.7 Å². The molecule has 1 atom stereocenters. The minimum absolute atomic E-state index is 0.284. The molecular formula is C15H17NO5. The van der Waals surface area contributed by atoms with Gasteiger partial charge in [0.25, 0.3) is 0 Å². The Labute approximate surface area is 122 Å². The molecule has 0 amide bonds. The molecule has 1 aromatic rings. The van der Waals surface area contributed by atoms with E-state index in [9.17, 15) is 9.59 Å². The molecule has 0 saturated heterocycles. The quantitative estimate of drug-likeness (QED) is 0.711. The molecule has 21 heavy (non-hydrogen) atoms. The number of carbonyl (C=O) groups excluding carboxylic acids is 2. The van der Waals surface area contributed by atoms with Crippen LogP contribution in [-0.4, -0.2) is 36.8 Å². The number of hydrogen-bond donors (Lipinski definition) is 0. The summed E-state index contributed by atoms with van der Waals surface area (Å²) in [7, 11) is 0. The average Bonchev–Trinajstić information content (AvgIpc) is 2.95. The highest BCUT2D eigenvalue weighted by Gasteiger charge is 2.28. The lowest BCUT2D eigenvalue weighted by atomic mass is 10.1. The number of rotatable bonds is 7. The molecule has 1 aliphatic rings. The summed E-state index contributed by atoms with van der Waals surface area (Å²) in [6, 6.07) is 9.77. The predicted octanol–water partition coefficient (Wildman–Crippen LogP) is 1.48. The van der Waals surface area contributed by atoms with Crippen molar-refractivity contribution in [2.24, 2.45) is 5.16 Å². The van der Waals surface area contributed by atoms with Crippen LogP contribution >= 0.6 is 0 Å². The van der Waals surface area contributed by atoms with Gasteiger partial charge in [-0.05, 0) is 5.56 Å². The molecule has 0 N–H and O–H groups in total. The molecule has 1 aromatic carbocycles. The highest BCUT2D eigenvalue weighted by atomic mass is 16.6. The third-order valence-corrected chi connectivity index (χ3v) is 2.89. The van der Waals surface area contributed by atoms with Crippen molar-refractivity contribution in [1.82, 2.24) is 0 Å². The fraction of sp³-hybridized carbons (Fsp3) is 0.400. The Morgan fingerprint density at radius 3 is 2.76 bits per heavy atom. The van der Waals surface area contributed by atoms with Gasteiger partial charge in [0.2, 0.25) is 5.78 Å². The van der Waals surface area contributed by atoms with Gasteiger partial charge in [-0.1, -0.05) is 35.5 Å². The van der Waals surface area contributed by atoms with E-state index in [0.29, 0.717) is 25.3 Å². The Hall–Kier alpha value is -2.21. The predicted molar refractivity (Wildman–Crippen MR) is 74.7 cm³/mol. The Morgan fingerprint density at radius 1 is 1.29 bits per heavy atom. The molecule has 0 bridgehead atoms. The molecule has 6 heteroatoms. The van der Waals surface area contributed by atoms with Gasteiger partial charge in [-0.3, -0.25) is 9.59 Å². The molecule has 1 aliphatic heterocycles. The van der Waals surface area contributed by atoms with E-state index in [1.54, 1.807) is 0 Å². The van der Waals surface area contributed by atoms with Crippen molar-refractivity contribution in [1.29, 1.82) is 0 Å². The molecule has 0 saturated carbocycles. The SMILES string of the molecule is CC(=O)OCC(=O)[C@@H]1CC(COCc2ccccc2)=NO1. The van der Waals surface area contributed by atoms with E-state index in [1.807, 2.05) is 30.3 Å². The Morgan fingerprint density at radius 2 is 2.05 bits per heavy atom. The van der Waals surface area contributed by atoms with Crippen molar-refractivity contribution < 1.29 is 23.9 Å². The number of esters is 1. The Bertz CT molecular complexity index is 526. The molecule has 0 aliphatic carbocycles. The lowest BCUT2D eigenvalue weighted by Crippen LogP contribution is -2.26. The monoisotopic (exact) mass is 291 g/mol. The van der Waals surface area contributed by atoms with Gasteiger partial charge in [0.05, 0.1) is 18.9 Å². The molecule has 1 heterocycles. The van der Waals surface area contributed by atoms with Crippen molar-refractivity contribution in [3.05, 3.63) is 35.9 Å². The van der Waals surface area contributed by atoms with Crippen molar-refractivity contribution in [2.45, 2.75) is 26.1 Å². The molecule has 0 unspecified atom stereocenters. The Kier molecular flexibility index (Phi) is 5.45.